The number of benzene rings is 3. The third kappa shape index (κ3) is 7.29. The minimum atomic E-state index is -4.74. The highest BCUT2D eigenvalue weighted by molar-refractivity contribution is 7.92. The van der Waals surface area contributed by atoms with Gasteiger partial charge in [-0.1, -0.05) is 35.9 Å². The summed E-state index contributed by atoms with van der Waals surface area (Å²) in [4.78, 5) is 12.9. The molecule has 7 nitrogen and oxygen atoms in total. The van der Waals surface area contributed by atoms with E-state index in [0.717, 1.165) is 22.5 Å². The van der Waals surface area contributed by atoms with Crippen molar-refractivity contribution < 1.29 is 40.6 Å². The summed E-state index contributed by atoms with van der Waals surface area (Å²) in [6.45, 7) is 3.17. The fourth-order valence-corrected chi connectivity index (χ4v) is 7.54. The number of halogens is 5. The molecule has 0 saturated carbocycles. The molecule has 2 aliphatic rings. The predicted molar refractivity (Wildman–Crippen MR) is 163 cm³/mol. The van der Waals surface area contributed by atoms with Crippen LogP contribution in [0.25, 0.3) is 11.6 Å². The monoisotopic (exact) mass is 666 g/mol. The molecule has 0 aliphatic carbocycles. The molecule has 0 amide bonds. The number of carbonyl (C=O) groups is 1. The van der Waals surface area contributed by atoms with E-state index in [1.54, 1.807) is 31.2 Å². The van der Waals surface area contributed by atoms with Gasteiger partial charge in [-0.15, -0.1) is 0 Å². The second-order valence-electron chi connectivity index (χ2n) is 11.2. The van der Waals surface area contributed by atoms with Crippen LogP contribution in [-0.4, -0.2) is 56.7 Å². The van der Waals surface area contributed by atoms with Crippen molar-refractivity contribution in [2.45, 2.75) is 43.4 Å². The van der Waals surface area contributed by atoms with Crippen LogP contribution in [0.1, 0.15) is 42.9 Å². The Morgan fingerprint density at radius 2 is 1.80 bits per heavy atom. The van der Waals surface area contributed by atoms with Gasteiger partial charge in [0.05, 0.1) is 33.6 Å². The number of ether oxygens (including phenoxy) is 1. The normalized spacial score (nSPS) is 18.4. The first-order valence-corrected chi connectivity index (χ1v) is 16.1. The summed E-state index contributed by atoms with van der Waals surface area (Å²) in [5.41, 5.74) is 0.207. The van der Waals surface area contributed by atoms with Gasteiger partial charge in [-0.3, -0.25) is 9.10 Å². The van der Waals surface area contributed by atoms with Crippen LogP contribution >= 0.6 is 11.6 Å². The van der Waals surface area contributed by atoms with Crippen LogP contribution in [0.15, 0.2) is 65.6 Å². The van der Waals surface area contributed by atoms with Gasteiger partial charge in [0.15, 0.2) is 0 Å². The van der Waals surface area contributed by atoms with Gasteiger partial charge in [-0.2, -0.15) is 13.2 Å². The molecule has 1 fully saturated rings. The van der Waals surface area contributed by atoms with Gasteiger partial charge in [-0.05, 0) is 92.9 Å². The van der Waals surface area contributed by atoms with Crippen molar-refractivity contribution >= 4 is 44.9 Å². The highest BCUT2D eigenvalue weighted by Gasteiger charge is 2.37. The molecule has 45 heavy (non-hydrogen) atoms. The van der Waals surface area contributed by atoms with Crippen molar-refractivity contribution in [1.82, 2.24) is 4.90 Å². The van der Waals surface area contributed by atoms with Crippen molar-refractivity contribution in [3.63, 3.8) is 0 Å². The number of nitrogens with zero attached hydrogens (tertiary/aromatic N) is 2. The zero-order valence-electron chi connectivity index (χ0n) is 24.2. The molecule has 1 N–H and O–H groups in total. The van der Waals surface area contributed by atoms with Gasteiger partial charge in [0.1, 0.15) is 17.7 Å². The number of aliphatic carboxylic acids is 1. The van der Waals surface area contributed by atoms with Gasteiger partial charge in [0, 0.05) is 12.1 Å². The largest absolute Gasteiger partial charge is 0.486 e. The average Bonchev–Trinajstić information content (AvgIpc) is 2.99. The van der Waals surface area contributed by atoms with Gasteiger partial charge >= 0.3 is 12.1 Å². The maximum Gasteiger partial charge on any atom is 0.416 e. The third-order valence-electron chi connectivity index (χ3n) is 8.11. The maximum atomic E-state index is 14.6. The van der Waals surface area contributed by atoms with Crippen LogP contribution in [-0.2, 0) is 21.0 Å². The first-order valence-electron chi connectivity index (χ1n) is 14.3. The molecular formula is C32H31ClF4N2O5S. The number of likely N-dealkylation sites (tertiary alicyclic amines) is 1. The topological polar surface area (TPSA) is 87.2 Å². The molecule has 1 atom stereocenters. The van der Waals surface area contributed by atoms with Gasteiger partial charge < -0.3 is 14.7 Å². The highest BCUT2D eigenvalue weighted by atomic mass is 35.5. The number of hydrogen-bond acceptors (Lipinski definition) is 5. The number of piperidine rings is 1. The van der Waals surface area contributed by atoms with E-state index in [4.69, 9.17) is 16.3 Å². The van der Waals surface area contributed by atoms with E-state index in [0.29, 0.717) is 56.1 Å². The molecule has 0 radical (unpaired) electrons. The zero-order valence-corrected chi connectivity index (χ0v) is 25.8. The SMILES string of the molecule is CC(=Cc1ccc2c(c1)N(S(=O)(=O)c1cccc(C(F)(F)F)c1)CC(CCN1CCC(C(=O)O)CC1)O2)c1c(F)cccc1Cl. The summed E-state index contributed by atoms with van der Waals surface area (Å²) in [7, 11) is -4.49. The Bertz CT molecular complexity index is 1700. The quantitative estimate of drug-likeness (QED) is 0.202. The number of alkyl halides is 3. The Morgan fingerprint density at radius 1 is 1.09 bits per heavy atom. The summed E-state index contributed by atoms with van der Waals surface area (Å²) in [5, 5.41) is 9.48. The van der Waals surface area contributed by atoms with E-state index in [1.807, 2.05) is 0 Å². The van der Waals surface area contributed by atoms with Gasteiger partial charge in [0.2, 0.25) is 0 Å². The van der Waals surface area contributed by atoms with Crippen molar-refractivity contribution in [3.05, 3.63) is 88.2 Å². The predicted octanol–water partition coefficient (Wildman–Crippen LogP) is 7.20. The fourth-order valence-electron chi connectivity index (χ4n) is 5.68. The van der Waals surface area contributed by atoms with Crippen LogP contribution in [0.5, 0.6) is 5.75 Å². The van der Waals surface area contributed by atoms with Crippen LogP contribution < -0.4 is 9.04 Å². The molecule has 3 aromatic carbocycles. The second-order valence-corrected chi connectivity index (χ2v) is 13.5. The Kier molecular flexibility index (Phi) is 9.48. The molecule has 2 heterocycles. The van der Waals surface area contributed by atoms with E-state index in [9.17, 15) is 35.9 Å². The van der Waals surface area contributed by atoms with Crippen LogP contribution in [0, 0.1) is 11.7 Å². The number of sulfonamides is 1. The minimum Gasteiger partial charge on any atom is -0.486 e. The highest BCUT2D eigenvalue weighted by Crippen LogP contribution is 2.40. The zero-order chi connectivity index (χ0) is 32.5. The Hall–Kier alpha value is -3.61. The summed E-state index contributed by atoms with van der Waals surface area (Å²) < 4.78 is 90.3. The molecule has 5 rings (SSSR count). The van der Waals surface area contributed by atoms with Crippen molar-refractivity contribution in [2.75, 3.05) is 30.5 Å². The lowest BCUT2D eigenvalue weighted by Gasteiger charge is -2.37. The second kappa shape index (κ2) is 13.0. The van der Waals surface area contributed by atoms with E-state index < -0.39 is 50.5 Å². The first-order chi connectivity index (χ1) is 21.2. The van der Waals surface area contributed by atoms with Crippen LogP contribution in [0.4, 0.5) is 23.2 Å². The lowest BCUT2D eigenvalue weighted by Crippen LogP contribution is -2.45. The van der Waals surface area contributed by atoms with Crippen LogP contribution in [0.3, 0.4) is 0 Å². The van der Waals surface area contributed by atoms with Crippen molar-refractivity contribution in [3.8, 4) is 5.75 Å². The molecule has 0 bridgehead atoms. The third-order valence-corrected chi connectivity index (χ3v) is 10.2. The number of fused-ring (bicyclic) bond motifs is 1. The Morgan fingerprint density at radius 3 is 2.47 bits per heavy atom. The van der Waals surface area contributed by atoms with Crippen molar-refractivity contribution in [2.24, 2.45) is 5.92 Å². The number of carboxylic acid groups (broad SMARTS) is 1. The number of anilines is 1. The molecule has 0 aromatic heterocycles. The lowest BCUT2D eigenvalue weighted by molar-refractivity contribution is -0.143. The van der Waals surface area contributed by atoms with E-state index in [-0.39, 0.29) is 28.6 Å². The van der Waals surface area contributed by atoms with E-state index in [2.05, 4.69) is 4.90 Å². The van der Waals surface area contributed by atoms with Crippen molar-refractivity contribution in [1.29, 1.82) is 0 Å². The average molecular weight is 667 g/mol. The molecule has 3 aromatic rings. The standard InChI is InChI=1S/C32H31ClF4N2O5S/c1-20(30-26(33)6-3-7-27(30)34)16-21-8-9-29-28(17-21)39(45(42,43)25-5-2-4-23(18-25)32(35,36)37)19-24(44-29)12-15-38-13-10-22(11-14-38)31(40)41/h2-9,16-18,22,24H,10-15,19H2,1H3,(H,40,41). The number of hydrogen-bond donors (Lipinski definition) is 1. The molecular weight excluding hydrogens is 636 g/mol. The number of rotatable bonds is 8. The Labute approximate surface area is 263 Å². The summed E-state index contributed by atoms with van der Waals surface area (Å²) in [5.74, 6) is -1.52. The maximum absolute atomic E-state index is 14.6. The fraction of sp³-hybridized carbons (Fsp3) is 0.344. The number of allylic oxidation sites excluding steroid dienone is 1. The minimum absolute atomic E-state index is 0.132. The first kappa shape index (κ1) is 32.8. The van der Waals surface area contributed by atoms with E-state index >= 15 is 0 Å². The lowest BCUT2D eigenvalue weighted by atomic mass is 9.97. The Balaban J connectivity index is 1.47. The van der Waals surface area contributed by atoms with Crippen LogP contribution in [0.2, 0.25) is 5.02 Å². The summed E-state index contributed by atoms with van der Waals surface area (Å²) >= 11 is 6.23. The molecule has 240 valence electrons. The summed E-state index contributed by atoms with van der Waals surface area (Å²) in [6.07, 6.45) is -2.32. The molecule has 1 saturated heterocycles. The molecule has 13 heteroatoms. The number of carboxylic acids is 1. The van der Waals surface area contributed by atoms with Gasteiger partial charge in [0.25, 0.3) is 10.0 Å². The molecule has 2 aliphatic heterocycles. The smallest absolute Gasteiger partial charge is 0.416 e. The molecule has 1 unspecified atom stereocenters. The summed E-state index contributed by atoms with van der Waals surface area (Å²) in [6, 6.07) is 12.7. The van der Waals surface area contributed by atoms with E-state index in [1.165, 1.54) is 18.2 Å². The molecule has 0 spiro atoms. The van der Waals surface area contributed by atoms with Gasteiger partial charge in [-0.25, -0.2) is 12.8 Å².